The van der Waals surface area contributed by atoms with E-state index >= 15 is 0 Å². The van der Waals surface area contributed by atoms with Crippen molar-refractivity contribution < 1.29 is 9.53 Å². The fraction of sp³-hybridized carbons (Fsp3) is 0.474. The standard InChI is InChI=1S/C19H23N5O3/c1-23-11-14(16(27-2)7-18(23)25)19(26)20-8-12-9-24(10-12)17-6-13-4-3-5-15(13)21-22-17/h6-7,11-12H,3-5,8-10H2,1-2H3,(H,20,26). The maximum absolute atomic E-state index is 12.5. The second-order valence-corrected chi connectivity index (χ2v) is 7.21. The van der Waals surface area contributed by atoms with E-state index in [1.165, 1.54) is 29.5 Å². The number of amides is 1. The van der Waals surface area contributed by atoms with Crippen LogP contribution in [-0.4, -0.2) is 47.4 Å². The molecule has 1 amide bonds. The van der Waals surface area contributed by atoms with Gasteiger partial charge in [-0.1, -0.05) is 0 Å². The van der Waals surface area contributed by atoms with Crippen LogP contribution in [0.2, 0.25) is 0 Å². The fourth-order valence-electron chi connectivity index (χ4n) is 3.64. The van der Waals surface area contributed by atoms with Crippen molar-refractivity contribution >= 4 is 11.7 Å². The number of fused-ring (bicyclic) bond motifs is 1. The molecule has 1 fully saturated rings. The van der Waals surface area contributed by atoms with E-state index in [1.54, 1.807) is 7.05 Å². The lowest BCUT2D eigenvalue weighted by molar-refractivity contribution is 0.0940. The molecule has 2 aromatic rings. The summed E-state index contributed by atoms with van der Waals surface area (Å²) in [5.41, 5.74) is 2.60. The van der Waals surface area contributed by atoms with Crippen LogP contribution in [0, 0.1) is 5.92 Å². The Bertz CT molecular complexity index is 933. The molecule has 0 unspecified atom stereocenters. The first-order valence-electron chi connectivity index (χ1n) is 9.18. The second-order valence-electron chi connectivity index (χ2n) is 7.21. The van der Waals surface area contributed by atoms with Gasteiger partial charge in [0.1, 0.15) is 5.75 Å². The monoisotopic (exact) mass is 369 g/mol. The van der Waals surface area contributed by atoms with Crippen LogP contribution in [0.25, 0.3) is 0 Å². The number of rotatable bonds is 5. The number of hydrogen-bond acceptors (Lipinski definition) is 6. The molecule has 2 aliphatic rings. The maximum Gasteiger partial charge on any atom is 0.256 e. The van der Waals surface area contributed by atoms with Crippen LogP contribution in [0.15, 0.2) is 23.1 Å². The molecule has 0 bridgehead atoms. The van der Waals surface area contributed by atoms with Crippen molar-refractivity contribution in [2.45, 2.75) is 19.3 Å². The maximum atomic E-state index is 12.5. The van der Waals surface area contributed by atoms with Gasteiger partial charge in [-0.25, -0.2) is 0 Å². The van der Waals surface area contributed by atoms with Gasteiger partial charge in [0.15, 0.2) is 5.82 Å². The van der Waals surface area contributed by atoms with E-state index < -0.39 is 0 Å². The molecule has 1 aliphatic carbocycles. The van der Waals surface area contributed by atoms with Gasteiger partial charge in [0.2, 0.25) is 0 Å². The number of nitrogens with one attached hydrogen (secondary N) is 1. The highest BCUT2D eigenvalue weighted by atomic mass is 16.5. The molecule has 142 valence electrons. The summed E-state index contributed by atoms with van der Waals surface area (Å²) in [5, 5.41) is 11.6. The number of pyridine rings is 1. The highest BCUT2D eigenvalue weighted by molar-refractivity contribution is 5.96. The molecule has 0 saturated carbocycles. The topological polar surface area (TPSA) is 89.4 Å². The van der Waals surface area contributed by atoms with E-state index in [-0.39, 0.29) is 11.5 Å². The normalized spacial score (nSPS) is 16.0. The molecule has 8 nitrogen and oxygen atoms in total. The summed E-state index contributed by atoms with van der Waals surface area (Å²) in [6, 6.07) is 3.48. The Balaban J connectivity index is 1.33. The van der Waals surface area contributed by atoms with E-state index in [1.807, 2.05) is 0 Å². The minimum Gasteiger partial charge on any atom is -0.496 e. The van der Waals surface area contributed by atoms with Gasteiger partial charge in [0.25, 0.3) is 11.5 Å². The van der Waals surface area contributed by atoms with Crippen LogP contribution in [0.5, 0.6) is 5.75 Å². The molecule has 8 heteroatoms. The van der Waals surface area contributed by atoms with Crippen LogP contribution in [0.3, 0.4) is 0 Å². The molecule has 1 N–H and O–H groups in total. The first-order valence-corrected chi connectivity index (χ1v) is 9.18. The zero-order valence-corrected chi connectivity index (χ0v) is 15.6. The lowest BCUT2D eigenvalue weighted by atomic mass is 10.00. The van der Waals surface area contributed by atoms with Gasteiger partial charge in [-0.2, -0.15) is 5.10 Å². The lowest BCUT2D eigenvalue weighted by Gasteiger charge is -2.40. The Labute approximate surface area is 157 Å². The van der Waals surface area contributed by atoms with Gasteiger partial charge < -0.3 is 19.5 Å². The Morgan fingerprint density at radius 1 is 1.30 bits per heavy atom. The van der Waals surface area contributed by atoms with Crippen molar-refractivity contribution in [1.29, 1.82) is 0 Å². The van der Waals surface area contributed by atoms with Crippen LogP contribution in [-0.2, 0) is 19.9 Å². The third-order valence-corrected chi connectivity index (χ3v) is 5.29. The Kier molecular flexibility index (Phi) is 4.55. The Morgan fingerprint density at radius 2 is 2.11 bits per heavy atom. The van der Waals surface area contributed by atoms with Crippen LogP contribution >= 0.6 is 0 Å². The predicted octanol–water partition coefficient (Wildman–Crippen LogP) is 0.539. The van der Waals surface area contributed by atoms with Gasteiger partial charge in [0, 0.05) is 44.9 Å². The highest BCUT2D eigenvalue weighted by Gasteiger charge is 2.29. The average molecular weight is 369 g/mol. The van der Waals surface area contributed by atoms with Crippen LogP contribution < -0.4 is 20.5 Å². The highest BCUT2D eigenvalue weighted by Crippen LogP contribution is 2.27. The zero-order valence-electron chi connectivity index (χ0n) is 15.6. The summed E-state index contributed by atoms with van der Waals surface area (Å²) in [6.07, 6.45) is 4.79. The number of hydrogen-bond donors (Lipinski definition) is 1. The first-order chi connectivity index (χ1) is 13.0. The molecule has 0 atom stereocenters. The molecule has 1 aliphatic heterocycles. The van der Waals surface area contributed by atoms with Gasteiger partial charge in [-0.15, -0.1) is 5.10 Å². The van der Waals surface area contributed by atoms with Crippen molar-refractivity contribution in [2.24, 2.45) is 13.0 Å². The average Bonchev–Trinajstić information content (AvgIpc) is 3.09. The summed E-state index contributed by atoms with van der Waals surface area (Å²) in [4.78, 5) is 26.3. The molecule has 0 spiro atoms. The first kappa shape index (κ1) is 17.5. The van der Waals surface area contributed by atoms with Gasteiger partial charge in [0.05, 0.1) is 18.4 Å². The molecule has 2 aromatic heterocycles. The van der Waals surface area contributed by atoms with Crippen molar-refractivity contribution in [2.75, 3.05) is 31.6 Å². The summed E-state index contributed by atoms with van der Waals surface area (Å²) >= 11 is 0. The molecule has 0 aromatic carbocycles. The summed E-state index contributed by atoms with van der Waals surface area (Å²) in [6.45, 7) is 2.26. The minimum atomic E-state index is -0.238. The SMILES string of the molecule is COc1cc(=O)n(C)cc1C(=O)NCC1CN(c2cc3c(nn2)CCC3)C1. The van der Waals surface area contributed by atoms with Gasteiger partial charge in [-0.3, -0.25) is 9.59 Å². The number of methoxy groups -OCH3 is 1. The quantitative estimate of drug-likeness (QED) is 0.827. The molecular formula is C19H23N5O3. The largest absolute Gasteiger partial charge is 0.496 e. The number of aromatic nitrogens is 3. The second kappa shape index (κ2) is 7.02. The van der Waals surface area contributed by atoms with Gasteiger partial charge in [-0.05, 0) is 30.9 Å². The smallest absolute Gasteiger partial charge is 0.256 e. The zero-order chi connectivity index (χ0) is 19.0. The van der Waals surface area contributed by atoms with Crippen molar-refractivity contribution in [3.05, 3.63) is 45.5 Å². The number of aryl methyl sites for hydroxylation is 3. The fourth-order valence-corrected chi connectivity index (χ4v) is 3.64. The minimum absolute atomic E-state index is 0.214. The van der Waals surface area contributed by atoms with Gasteiger partial charge >= 0.3 is 0 Å². The number of ether oxygens (including phenoxy) is 1. The molecule has 4 rings (SSSR count). The third-order valence-electron chi connectivity index (χ3n) is 5.29. The predicted molar refractivity (Wildman–Crippen MR) is 100 cm³/mol. The van der Waals surface area contributed by atoms with Crippen molar-refractivity contribution in [3.8, 4) is 5.75 Å². The molecular weight excluding hydrogens is 346 g/mol. The number of nitrogens with zero attached hydrogens (tertiary/aromatic N) is 4. The van der Waals surface area contributed by atoms with E-state index in [4.69, 9.17) is 4.74 Å². The summed E-state index contributed by atoms with van der Waals surface area (Å²) in [5.74, 6) is 1.35. The molecule has 27 heavy (non-hydrogen) atoms. The van der Waals surface area contributed by atoms with Crippen LogP contribution in [0.1, 0.15) is 28.0 Å². The van der Waals surface area contributed by atoms with E-state index in [0.717, 1.165) is 43.9 Å². The van der Waals surface area contributed by atoms with Crippen molar-refractivity contribution in [3.63, 3.8) is 0 Å². The Morgan fingerprint density at radius 3 is 2.89 bits per heavy atom. The summed E-state index contributed by atoms with van der Waals surface area (Å²) in [7, 11) is 3.06. The summed E-state index contributed by atoms with van der Waals surface area (Å²) < 4.78 is 6.53. The molecule has 3 heterocycles. The van der Waals surface area contributed by atoms with E-state index in [9.17, 15) is 9.59 Å². The Hall–Kier alpha value is -2.90. The van der Waals surface area contributed by atoms with E-state index in [2.05, 4.69) is 26.5 Å². The number of carbonyl (C=O) groups is 1. The number of anilines is 1. The lowest BCUT2D eigenvalue weighted by Crippen LogP contribution is -2.52. The third kappa shape index (κ3) is 3.39. The van der Waals surface area contributed by atoms with Crippen LogP contribution in [0.4, 0.5) is 5.82 Å². The molecule has 1 saturated heterocycles. The van der Waals surface area contributed by atoms with Crippen molar-refractivity contribution in [1.82, 2.24) is 20.1 Å². The van der Waals surface area contributed by atoms with E-state index in [0.29, 0.717) is 23.8 Å². The number of carbonyl (C=O) groups excluding carboxylic acids is 1. The molecule has 0 radical (unpaired) electrons.